The molecular weight excluding hydrogens is 334 g/mol. The summed E-state index contributed by atoms with van der Waals surface area (Å²) in [5.41, 5.74) is 8.89. The Morgan fingerprint density at radius 2 is 1.84 bits per heavy atom. The molecule has 1 saturated heterocycles. The minimum Gasteiger partial charge on any atom is -0.399 e. The summed E-state index contributed by atoms with van der Waals surface area (Å²) in [6, 6.07) is 12.6. The van der Waals surface area contributed by atoms with Crippen molar-refractivity contribution in [1.29, 1.82) is 0 Å². The van der Waals surface area contributed by atoms with Crippen molar-refractivity contribution in [2.45, 2.75) is 44.0 Å². The number of piperidine rings is 1. The van der Waals surface area contributed by atoms with E-state index in [0.717, 1.165) is 30.6 Å². The molecule has 0 amide bonds. The Hall–Kier alpha value is -2.21. The van der Waals surface area contributed by atoms with Crippen LogP contribution in [0.1, 0.15) is 31.7 Å². The summed E-state index contributed by atoms with van der Waals surface area (Å²) in [4.78, 5) is 2.51. The highest BCUT2D eigenvalue weighted by Gasteiger charge is 2.23. The highest BCUT2D eigenvalue weighted by Crippen LogP contribution is 2.34. The highest BCUT2D eigenvalue weighted by molar-refractivity contribution is 7.92. The molecule has 2 aromatic carbocycles. The summed E-state index contributed by atoms with van der Waals surface area (Å²) in [5, 5.41) is 0. The lowest BCUT2D eigenvalue weighted by atomic mass is 10.0. The largest absolute Gasteiger partial charge is 0.399 e. The van der Waals surface area contributed by atoms with Gasteiger partial charge in [0.15, 0.2) is 0 Å². The number of sulfonamides is 1. The molecule has 1 aliphatic rings. The third-order valence-electron chi connectivity index (χ3n) is 4.71. The molecule has 6 heteroatoms. The number of nitrogen functional groups attached to an aromatic ring is 1. The van der Waals surface area contributed by atoms with Crippen LogP contribution >= 0.6 is 0 Å². The first-order valence-electron chi connectivity index (χ1n) is 8.62. The second kappa shape index (κ2) is 6.96. The van der Waals surface area contributed by atoms with E-state index < -0.39 is 10.0 Å². The van der Waals surface area contributed by atoms with Gasteiger partial charge in [-0.2, -0.15) is 0 Å². The van der Waals surface area contributed by atoms with E-state index in [1.165, 1.54) is 6.42 Å². The van der Waals surface area contributed by atoms with Gasteiger partial charge in [-0.05, 0) is 63.4 Å². The maximum Gasteiger partial charge on any atom is 0.261 e. The number of anilines is 3. The van der Waals surface area contributed by atoms with Crippen molar-refractivity contribution >= 4 is 27.1 Å². The van der Waals surface area contributed by atoms with Crippen LogP contribution in [0.3, 0.4) is 0 Å². The molecule has 3 N–H and O–H groups in total. The molecule has 1 atom stereocenters. The quantitative estimate of drug-likeness (QED) is 0.815. The summed E-state index contributed by atoms with van der Waals surface area (Å²) in [5.74, 6) is 0. The van der Waals surface area contributed by atoms with Crippen LogP contribution in [0.15, 0.2) is 47.4 Å². The van der Waals surface area contributed by atoms with Gasteiger partial charge < -0.3 is 10.6 Å². The van der Waals surface area contributed by atoms with E-state index in [0.29, 0.717) is 17.4 Å². The number of aryl methyl sites for hydroxylation is 1. The monoisotopic (exact) mass is 359 g/mol. The standard InChI is InChI=1S/C19H25N3O2S/c1-14-6-9-17(10-7-14)25(23,24)21-18-13-16(20)8-11-19(18)22-12-4-3-5-15(22)2/h6-11,13,15,21H,3-5,12,20H2,1-2H3. The molecule has 0 bridgehead atoms. The van der Waals surface area contributed by atoms with Gasteiger partial charge in [0, 0.05) is 18.3 Å². The molecule has 1 unspecified atom stereocenters. The van der Waals surface area contributed by atoms with Crippen LogP contribution in [0, 0.1) is 6.92 Å². The normalized spacial score (nSPS) is 18.2. The summed E-state index contributed by atoms with van der Waals surface area (Å²) < 4.78 is 28.3. The number of nitrogens with zero attached hydrogens (tertiary/aromatic N) is 1. The molecule has 1 fully saturated rings. The van der Waals surface area contributed by atoms with Gasteiger partial charge in [0.1, 0.15) is 0 Å². The molecule has 0 radical (unpaired) electrons. The van der Waals surface area contributed by atoms with Crippen LogP contribution in [-0.4, -0.2) is 21.0 Å². The molecule has 0 saturated carbocycles. The third-order valence-corrected chi connectivity index (χ3v) is 6.09. The molecule has 3 rings (SSSR count). The fourth-order valence-electron chi connectivity index (χ4n) is 3.26. The first kappa shape index (κ1) is 17.6. The smallest absolute Gasteiger partial charge is 0.261 e. The Morgan fingerprint density at radius 3 is 2.52 bits per heavy atom. The summed E-state index contributed by atoms with van der Waals surface area (Å²) >= 11 is 0. The third kappa shape index (κ3) is 3.90. The van der Waals surface area contributed by atoms with Crippen LogP contribution in [0.5, 0.6) is 0 Å². The molecule has 0 aliphatic carbocycles. The van der Waals surface area contributed by atoms with Crippen LogP contribution in [0.25, 0.3) is 0 Å². The predicted molar refractivity (Wildman–Crippen MR) is 104 cm³/mol. The number of nitrogens with one attached hydrogen (secondary N) is 1. The zero-order valence-corrected chi connectivity index (χ0v) is 15.5. The SMILES string of the molecule is Cc1ccc(S(=O)(=O)Nc2cc(N)ccc2N2CCCCC2C)cc1. The zero-order valence-electron chi connectivity index (χ0n) is 14.7. The van der Waals surface area contributed by atoms with Gasteiger partial charge in [0.25, 0.3) is 10.0 Å². The Labute approximate surface area is 149 Å². The number of benzene rings is 2. The van der Waals surface area contributed by atoms with Gasteiger partial charge >= 0.3 is 0 Å². The number of hydrogen-bond donors (Lipinski definition) is 2. The maximum atomic E-state index is 12.8. The van der Waals surface area contributed by atoms with Crippen LogP contribution in [0.2, 0.25) is 0 Å². The number of rotatable bonds is 4. The van der Waals surface area contributed by atoms with Crippen molar-refractivity contribution in [3.05, 3.63) is 48.0 Å². The second-order valence-electron chi connectivity index (χ2n) is 6.73. The van der Waals surface area contributed by atoms with Gasteiger partial charge in [-0.1, -0.05) is 17.7 Å². The second-order valence-corrected chi connectivity index (χ2v) is 8.42. The fraction of sp³-hybridized carbons (Fsp3) is 0.368. The van der Waals surface area contributed by atoms with Crippen LogP contribution < -0.4 is 15.4 Å². The zero-order chi connectivity index (χ0) is 18.0. The Balaban J connectivity index is 1.96. The van der Waals surface area contributed by atoms with Gasteiger partial charge in [-0.15, -0.1) is 0 Å². The average Bonchev–Trinajstić information content (AvgIpc) is 2.56. The van der Waals surface area contributed by atoms with E-state index >= 15 is 0 Å². The average molecular weight is 359 g/mol. The Morgan fingerprint density at radius 1 is 1.12 bits per heavy atom. The van der Waals surface area contributed by atoms with E-state index in [1.54, 1.807) is 30.3 Å². The lowest BCUT2D eigenvalue weighted by molar-refractivity contribution is 0.485. The van der Waals surface area contributed by atoms with E-state index in [4.69, 9.17) is 5.73 Å². The molecule has 1 aliphatic heterocycles. The van der Waals surface area contributed by atoms with Crippen molar-refractivity contribution in [1.82, 2.24) is 0 Å². The van der Waals surface area contributed by atoms with Gasteiger partial charge in [0.05, 0.1) is 16.3 Å². The van der Waals surface area contributed by atoms with Crippen LogP contribution in [-0.2, 0) is 10.0 Å². The molecular formula is C19H25N3O2S. The minimum absolute atomic E-state index is 0.248. The summed E-state index contributed by atoms with van der Waals surface area (Å²) in [6.07, 6.45) is 3.42. The van der Waals surface area contributed by atoms with Gasteiger partial charge in [-0.3, -0.25) is 4.72 Å². The molecule has 2 aromatic rings. The van der Waals surface area contributed by atoms with Crippen molar-refractivity contribution in [2.24, 2.45) is 0 Å². The topological polar surface area (TPSA) is 75.4 Å². The van der Waals surface area contributed by atoms with E-state index in [9.17, 15) is 8.42 Å². The first-order chi connectivity index (χ1) is 11.9. The van der Waals surface area contributed by atoms with Crippen LogP contribution in [0.4, 0.5) is 17.1 Å². The van der Waals surface area contributed by atoms with E-state index in [-0.39, 0.29) is 4.90 Å². The van der Waals surface area contributed by atoms with Crippen molar-refractivity contribution < 1.29 is 8.42 Å². The molecule has 134 valence electrons. The van der Waals surface area contributed by atoms with E-state index in [1.807, 2.05) is 19.1 Å². The van der Waals surface area contributed by atoms with Crippen molar-refractivity contribution in [2.75, 3.05) is 21.9 Å². The van der Waals surface area contributed by atoms with Crippen molar-refractivity contribution in [3.63, 3.8) is 0 Å². The number of hydrogen-bond acceptors (Lipinski definition) is 4. The first-order valence-corrected chi connectivity index (χ1v) is 10.1. The fourth-order valence-corrected chi connectivity index (χ4v) is 4.33. The summed E-state index contributed by atoms with van der Waals surface area (Å²) in [6.45, 7) is 5.02. The highest BCUT2D eigenvalue weighted by atomic mass is 32.2. The molecule has 1 heterocycles. The predicted octanol–water partition coefficient (Wildman–Crippen LogP) is 3.76. The van der Waals surface area contributed by atoms with Crippen molar-refractivity contribution in [3.8, 4) is 0 Å². The van der Waals surface area contributed by atoms with Gasteiger partial charge in [0.2, 0.25) is 0 Å². The summed E-state index contributed by atoms with van der Waals surface area (Å²) in [7, 11) is -3.66. The minimum atomic E-state index is -3.66. The Bertz CT molecular complexity index is 847. The lowest BCUT2D eigenvalue weighted by Gasteiger charge is -2.36. The van der Waals surface area contributed by atoms with Gasteiger partial charge in [-0.25, -0.2) is 8.42 Å². The molecule has 5 nitrogen and oxygen atoms in total. The van der Waals surface area contributed by atoms with E-state index in [2.05, 4.69) is 16.5 Å². The molecule has 25 heavy (non-hydrogen) atoms. The lowest BCUT2D eigenvalue weighted by Crippen LogP contribution is -2.38. The number of nitrogens with two attached hydrogens (primary N) is 1. The maximum absolute atomic E-state index is 12.8. The molecule has 0 spiro atoms. The Kier molecular flexibility index (Phi) is 4.90. The molecule has 0 aromatic heterocycles.